The molecule has 3 rings (SSSR count). The average Bonchev–Trinajstić information content (AvgIpc) is 2.61. The van der Waals surface area contributed by atoms with Crippen molar-refractivity contribution in [2.24, 2.45) is 0 Å². The monoisotopic (exact) mass is 268 g/mol. The fraction of sp³-hybridized carbons (Fsp3) is 0.125. The van der Waals surface area contributed by atoms with Crippen LogP contribution in [0.4, 0.5) is 0 Å². The first-order valence-corrected chi connectivity index (χ1v) is 5.93. The normalized spacial score (nSPS) is 16.2. The van der Waals surface area contributed by atoms with Crippen LogP contribution in [0.25, 0.3) is 22.6 Å². The molecule has 0 unspecified atom stereocenters. The maximum atomic E-state index is 7.49. The molecule has 98 valence electrons. The number of benzene rings is 1. The summed E-state index contributed by atoms with van der Waals surface area (Å²) >= 11 is 0. The largest absolute Gasteiger partial charge is 0.256 e. The lowest BCUT2D eigenvalue weighted by Gasteiger charge is -2.05. The van der Waals surface area contributed by atoms with Crippen molar-refractivity contribution in [2.45, 2.75) is 13.7 Å². The molecule has 0 aliphatic heterocycles. The van der Waals surface area contributed by atoms with Crippen molar-refractivity contribution < 1.29 is 8.22 Å². The van der Waals surface area contributed by atoms with Crippen LogP contribution in [0.1, 0.15) is 19.9 Å². The van der Waals surface area contributed by atoms with Crippen molar-refractivity contribution >= 4 is 0 Å². The van der Waals surface area contributed by atoms with Gasteiger partial charge < -0.3 is 0 Å². The van der Waals surface area contributed by atoms with Crippen LogP contribution < -0.4 is 0 Å². The van der Waals surface area contributed by atoms with Gasteiger partial charge in [0.2, 0.25) is 0 Å². The zero-order valence-corrected chi connectivity index (χ0v) is 10.4. The van der Waals surface area contributed by atoms with E-state index >= 15 is 0 Å². The molecule has 20 heavy (non-hydrogen) atoms. The third kappa shape index (κ3) is 2.54. The fourth-order valence-corrected chi connectivity index (χ4v) is 1.84. The van der Waals surface area contributed by atoms with Crippen molar-refractivity contribution in [3.05, 3.63) is 60.3 Å². The third-order valence-corrected chi connectivity index (χ3v) is 2.72. The Hall–Kier alpha value is -2.62. The van der Waals surface area contributed by atoms with Gasteiger partial charge in [0, 0.05) is 25.5 Å². The Labute approximate surface area is 126 Å². The summed E-state index contributed by atoms with van der Waals surface area (Å²) in [6.07, 6.45) is 1.53. The van der Waals surface area contributed by atoms with Crippen molar-refractivity contribution in [2.75, 3.05) is 0 Å². The van der Waals surface area contributed by atoms with Gasteiger partial charge in [-0.3, -0.25) is 4.98 Å². The summed E-state index contributed by atoms with van der Waals surface area (Å²) in [7, 11) is 0. The highest BCUT2D eigenvalue weighted by atomic mass is 15.0. The van der Waals surface area contributed by atoms with Crippen LogP contribution in [0.2, 0.25) is 0 Å². The Morgan fingerprint density at radius 2 is 1.60 bits per heavy atom. The summed E-state index contributed by atoms with van der Waals surface area (Å²) in [6, 6.07) is 12.6. The van der Waals surface area contributed by atoms with Crippen molar-refractivity contribution in [1.82, 2.24) is 19.9 Å². The molecule has 0 radical (unpaired) electrons. The number of nitrogens with zero attached hydrogens (tertiary/aromatic N) is 4. The molecule has 3 aromatic rings. The van der Waals surface area contributed by atoms with Gasteiger partial charge in [-0.15, -0.1) is 0 Å². The molecule has 2 heterocycles. The lowest BCUT2D eigenvalue weighted by atomic mass is 10.1. The van der Waals surface area contributed by atoms with E-state index in [-0.39, 0.29) is 5.82 Å². The van der Waals surface area contributed by atoms with Gasteiger partial charge in [0.15, 0.2) is 5.82 Å². The van der Waals surface area contributed by atoms with Crippen LogP contribution in [0.5, 0.6) is 0 Å². The first-order valence-electron chi connectivity index (χ1n) is 8.93. The molecule has 0 N–H and O–H groups in total. The molecule has 0 saturated carbocycles. The van der Waals surface area contributed by atoms with E-state index in [2.05, 4.69) is 19.9 Å². The molecule has 0 aliphatic rings. The number of pyridine rings is 1. The molecule has 0 bridgehead atoms. The topological polar surface area (TPSA) is 51.6 Å². The molecule has 4 heteroatoms. The van der Waals surface area contributed by atoms with Crippen molar-refractivity contribution in [1.29, 1.82) is 0 Å². The Morgan fingerprint density at radius 1 is 0.850 bits per heavy atom. The smallest absolute Gasteiger partial charge is 0.163 e. The lowest BCUT2D eigenvalue weighted by molar-refractivity contribution is 0.928. The van der Waals surface area contributed by atoms with Crippen LogP contribution >= 0.6 is 0 Å². The maximum absolute atomic E-state index is 7.49. The van der Waals surface area contributed by atoms with Gasteiger partial charge in [0.25, 0.3) is 0 Å². The predicted octanol–water partition coefficient (Wildman–Crippen LogP) is 3.22. The van der Waals surface area contributed by atoms with Crippen molar-refractivity contribution in [3.63, 3.8) is 0 Å². The van der Waals surface area contributed by atoms with E-state index in [1.807, 2.05) is 30.3 Å². The number of aromatic nitrogens is 4. The van der Waals surface area contributed by atoms with E-state index in [1.165, 1.54) is 6.20 Å². The second kappa shape index (κ2) is 5.17. The second-order valence-electron chi connectivity index (χ2n) is 4.10. The molecular formula is C16H14N4. The highest BCUT2D eigenvalue weighted by molar-refractivity contribution is 5.66. The van der Waals surface area contributed by atoms with Crippen LogP contribution in [0, 0.1) is 13.7 Å². The van der Waals surface area contributed by atoms with Gasteiger partial charge in [-0.2, -0.15) is 0 Å². The van der Waals surface area contributed by atoms with E-state index < -0.39 is 25.4 Å². The summed E-state index contributed by atoms with van der Waals surface area (Å²) in [5, 5.41) is 0. The minimum Gasteiger partial charge on any atom is -0.256 e. The minimum atomic E-state index is -2.65. The number of hydrogen-bond acceptors (Lipinski definition) is 4. The predicted molar refractivity (Wildman–Crippen MR) is 78.0 cm³/mol. The summed E-state index contributed by atoms with van der Waals surface area (Å²) in [5.74, 6) is -1.12. The Bertz CT molecular complexity index is 890. The van der Waals surface area contributed by atoms with E-state index in [1.54, 1.807) is 12.1 Å². The molecule has 0 fully saturated rings. The zero-order valence-electron chi connectivity index (χ0n) is 16.4. The number of aryl methyl sites for hydroxylation is 2. The summed E-state index contributed by atoms with van der Waals surface area (Å²) < 4.78 is 45.0. The summed E-state index contributed by atoms with van der Waals surface area (Å²) in [4.78, 5) is 15.8. The first kappa shape index (κ1) is 7.24. The highest BCUT2D eigenvalue weighted by Gasteiger charge is 2.06. The fourth-order valence-electron chi connectivity index (χ4n) is 1.84. The maximum Gasteiger partial charge on any atom is 0.163 e. The quantitative estimate of drug-likeness (QED) is 0.716. The van der Waals surface area contributed by atoms with Crippen LogP contribution in [-0.2, 0) is 0 Å². The number of hydrogen-bond donors (Lipinski definition) is 0. The van der Waals surface area contributed by atoms with Crippen LogP contribution in [-0.4, -0.2) is 19.9 Å². The van der Waals surface area contributed by atoms with Gasteiger partial charge in [-0.05, 0) is 25.8 Å². The van der Waals surface area contributed by atoms with E-state index in [9.17, 15) is 0 Å². The van der Waals surface area contributed by atoms with E-state index in [0.29, 0.717) is 11.3 Å². The van der Waals surface area contributed by atoms with Gasteiger partial charge >= 0.3 is 0 Å². The number of rotatable bonds is 2. The first-order chi connectivity index (χ1) is 12.1. The summed E-state index contributed by atoms with van der Waals surface area (Å²) in [6.45, 7) is -5.29. The highest BCUT2D eigenvalue weighted by Crippen LogP contribution is 2.22. The lowest BCUT2D eigenvalue weighted by Crippen LogP contribution is -1.99. The van der Waals surface area contributed by atoms with Gasteiger partial charge in [-0.1, -0.05) is 30.3 Å². The van der Waals surface area contributed by atoms with Crippen LogP contribution in [0.15, 0.2) is 48.7 Å². The molecule has 2 aromatic heterocycles. The average molecular weight is 268 g/mol. The SMILES string of the molecule is [2H]C([2H])([2H])c1nc(-c2ccnc(-c3ccccc3)c2)nc(C([2H])([2H])[2H])n1. The zero-order chi connectivity index (χ0) is 18.9. The molecule has 4 nitrogen and oxygen atoms in total. The molecule has 0 atom stereocenters. The van der Waals surface area contributed by atoms with Gasteiger partial charge in [0.05, 0.1) is 5.69 Å². The standard InChI is InChI=1S/C16H14N4/c1-11-18-12(2)20-16(19-11)14-8-9-17-15(10-14)13-6-4-3-5-7-13/h3-10H,1-2H3/i1D3,2D3. The van der Waals surface area contributed by atoms with E-state index in [0.717, 1.165) is 5.56 Å². The molecule has 0 spiro atoms. The van der Waals surface area contributed by atoms with Gasteiger partial charge in [-0.25, -0.2) is 15.0 Å². The molecule has 0 saturated heterocycles. The second-order valence-corrected chi connectivity index (χ2v) is 4.10. The van der Waals surface area contributed by atoms with Crippen molar-refractivity contribution in [3.8, 4) is 22.6 Å². The van der Waals surface area contributed by atoms with E-state index in [4.69, 9.17) is 8.22 Å². The van der Waals surface area contributed by atoms with Crippen LogP contribution in [0.3, 0.4) is 0 Å². The third-order valence-electron chi connectivity index (χ3n) is 2.72. The molecule has 0 aliphatic carbocycles. The Balaban J connectivity index is 2.15. The molecule has 1 aromatic carbocycles. The summed E-state index contributed by atoms with van der Waals surface area (Å²) in [5.41, 5.74) is 1.95. The molecule has 0 amide bonds. The van der Waals surface area contributed by atoms with Gasteiger partial charge in [0.1, 0.15) is 11.6 Å². The Kier molecular flexibility index (Phi) is 1.87. The molecular weight excluding hydrogens is 248 g/mol. The Morgan fingerprint density at radius 3 is 2.30 bits per heavy atom. The minimum absolute atomic E-state index is 0.0168.